The maximum atomic E-state index is 12.1. The first-order chi connectivity index (χ1) is 13.0. The molecule has 27 heavy (non-hydrogen) atoms. The van der Waals surface area contributed by atoms with Crippen LogP contribution in [0.4, 0.5) is 0 Å². The van der Waals surface area contributed by atoms with E-state index in [9.17, 15) is 9.59 Å². The Balaban J connectivity index is 1.67. The Bertz CT molecular complexity index is 574. The molecule has 7 nitrogen and oxygen atoms in total. The van der Waals surface area contributed by atoms with Crippen molar-refractivity contribution in [2.75, 3.05) is 46.0 Å². The van der Waals surface area contributed by atoms with Gasteiger partial charge in [-0.1, -0.05) is 32.0 Å². The molecule has 7 heteroatoms. The van der Waals surface area contributed by atoms with Crippen molar-refractivity contribution in [1.29, 1.82) is 0 Å². The van der Waals surface area contributed by atoms with Gasteiger partial charge in [0.2, 0.25) is 5.91 Å². The van der Waals surface area contributed by atoms with Gasteiger partial charge in [-0.25, -0.2) is 0 Å². The first-order valence-corrected chi connectivity index (χ1v) is 9.57. The van der Waals surface area contributed by atoms with Crippen LogP contribution >= 0.6 is 0 Å². The lowest BCUT2D eigenvalue weighted by Gasteiger charge is -2.35. The zero-order chi connectivity index (χ0) is 19.5. The van der Waals surface area contributed by atoms with Gasteiger partial charge >= 0.3 is 0 Å². The summed E-state index contributed by atoms with van der Waals surface area (Å²) in [5.74, 6) is 0.662. The summed E-state index contributed by atoms with van der Waals surface area (Å²) in [4.78, 5) is 26.3. The van der Waals surface area contributed by atoms with E-state index in [1.54, 1.807) is 12.1 Å². The van der Waals surface area contributed by atoms with E-state index in [4.69, 9.17) is 9.47 Å². The summed E-state index contributed by atoms with van der Waals surface area (Å²) in [6, 6.07) is 9.39. The fourth-order valence-corrected chi connectivity index (χ4v) is 3.04. The van der Waals surface area contributed by atoms with Crippen LogP contribution < -0.4 is 15.4 Å². The van der Waals surface area contributed by atoms with Crippen molar-refractivity contribution in [3.05, 3.63) is 30.3 Å². The van der Waals surface area contributed by atoms with Gasteiger partial charge in [-0.05, 0) is 24.5 Å². The topological polar surface area (TPSA) is 79.9 Å². The summed E-state index contributed by atoms with van der Waals surface area (Å²) in [6.07, 6.45) is 1.01. The molecule has 1 unspecified atom stereocenters. The minimum Gasteiger partial charge on any atom is -0.484 e. The summed E-state index contributed by atoms with van der Waals surface area (Å²) in [7, 11) is 0. The first kappa shape index (κ1) is 21.2. The number of para-hydroxylation sites is 1. The molecule has 1 aliphatic heterocycles. The van der Waals surface area contributed by atoms with Crippen molar-refractivity contribution in [3.8, 4) is 5.75 Å². The molecule has 0 bridgehead atoms. The number of hydrogen-bond donors (Lipinski definition) is 2. The van der Waals surface area contributed by atoms with Crippen molar-refractivity contribution in [3.63, 3.8) is 0 Å². The molecule has 0 saturated carbocycles. The van der Waals surface area contributed by atoms with E-state index in [0.717, 1.165) is 32.7 Å². The van der Waals surface area contributed by atoms with E-state index < -0.39 is 0 Å². The van der Waals surface area contributed by atoms with E-state index in [0.29, 0.717) is 18.2 Å². The maximum Gasteiger partial charge on any atom is 0.258 e. The first-order valence-electron chi connectivity index (χ1n) is 9.57. The molecule has 0 aliphatic carbocycles. The highest BCUT2D eigenvalue weighted by molar-refractivity contribution is 5.85. The fraction of sp³-hybridized carbons (Fsp3) is 0.600. The zero-order valence-corrected chi connectivity index (χ0v) is 16.3. The van der Waals surface area contributed by atoms with Crippen LogP contribution in [0.1, 0.15) is 20.3 Å². The van der Waals surface area contributed by atoms with Crippen molar-refractivity contribution in [2.24, 2.45) is 5.92 Å². The molecule has 1 aliphatic rings. The number of nitrogens with one attached hydrogen (secondary N) is 2. The largest absolute Gasteiger partial charge is 0.484 e. The third kappa shape index (κ3) is 8.41. The van der Waals surface area contributed by atoms with Crippen molar-refractivity contribution < 1.29 is 19.1 Å². The van der Waals surface area contributed by atoms with Gasteiger partial charge < -0.3 is 20.1 Å². The maximum absolute atomic E-state index is 12.1. The minimum atomic E-state index is -0.319. The Labute approximate surface area is 161 Å². The summed E-state index contributed by atoms with van der Waals surface area (Å²) in [5, 5.41) is 5.52. The molecule has 0 spiro atoms. The van der Waals surface area contributed by atoms with Crippen molar-refractivity contribution >= 4 is 11.8 Å². The monoisotopic (exact) mass is 377 g/mol. The molecule has 1 heterocycles. The lowest BCUT2D eigenvalue weighted by atomic mass is 10.0. The summed E-state index contributed by atoms with van der Waals surface area (Å²) in [6.45, 7) is 8.04. The van der Waals surface area contributed by atoms with Crippen LogP contribution in [0.15, 0.2) is 30.3 Å². The molecule has 0 radical (unpaired) electrons. The number of hydrogen-bond acceptors (Lipinski definition) is 5. The molecule has 1 saturated heterocycles. The van der Waals surface area contributed by atoms with Gasteiger partial charge in [-0.3, -0.25) is 14.5 Å². The van der Waals surface area contributed by atoms with E-state index in [1.807, 2.05) is 18.2 Å². The van der Waals surface area contributed by atoms with Crippen LogP contribution in [-0.4, -0.2) is 68.8 Å². The lowest BCUT2D eigenvalue weighted by Crippen LogP contribution is -2.50. The van der Waals surface area contributed by atoms with E-state index >= 15 is 0 Å². The van der Waals surface area contributed by atoms with Crippen LogP contribution in [0.2, 0.25) is 0 Å². The zero-order valence-electron chi connectivity index (χ0n) is 16.3. The molecular formula is C20H31N3O4. The predicted molar refractivity (Wildman–Crippen MR) is 104 cm³/mol. The van der Waals surface area contributed by atoms with Crippen LogP contribution in [0.25, 0.3) is 0 Å². The second kappa shape index (κ2) is 11.6. The van der Waals surface area contributed by atoms with E-state index in [2.05, 4.69) is 29.4 Å². The Morgan fingerprint density at radius 2 is 1.81 bits per heavy atom. The van der Waals surface area contributed by atoms with Crippen molar-refractivity contribution in [1.82, 2.24) is 15.5 Å². The lowest BCUT2D eigenvalue weighted by molar-refractivity contribution is -0.127. The SMILES string of the molecule is CC(C)CC(CNC(=O)CNC(=O)COc1ccccc1)N1CCOCC1. The highest BCUT2D eigenvalue weighted by Gasteiger charge is 2.22. The fourth-order valence-electron chi connectivity index (χ4n) is 3.04. The molecule has 1 aromatic carbocycles. The van der Waals surface area contributed by atoms with Gasteiger partial charge in [-0.2, -0.15) is 0 Å². The number of rotatable bonds is 10. The molecule has 1 fully saturated rings. The average Bonchev–Trinajstić information content (AvgIpc) is 2.69. The number of amides is 2. The van der Waals surface area contributed by atoms with Crippen molar-refractivity contribution in [2.45, 2.75) is 26.3 Å². The molecule has 2 amide bonds. The minimum absolute atomic E-state index is 0.0471. The predicted octanol–water partition coefficient (Wildman–Crippen LogP) is 1.04. The molecule has 2 rings (SSSR count). The van der Waals surface area contributed by atoms with Gasteiger partial charge in [0.15, 0.2) is 6.61 Å². The number of carbonyl (C=O) groups excluding carboxylic acids is 2. The van der Waals surface area contributed by atoms with Gasteiger partial charge in [0.25, 0.3) is 5.91 Å². The Kier molecular flexibility index (Phi) is 9.07. The molecular weight excluding hydrogens is 346 g/mol. The highest BCUT2D eigenvalue weighted by atomic mass is 16.5. The van der Waals surface area contributed by atoms with Gasteiger partial charge in [0, 0.05) is 25.7 Å². The number of carbonyl (C=O) groups is 2. The third-order valence-electron chi connectivity index (χ3n) is 4.40. The quantitative estimate of drug-likeness (QED) is 0.637. The summed E-state index contributed by atoms with van der Waals surface area (Å²) in [5.41, 5.74) is 0. The number of ether oxygens (including phenoxy) is 2. The molecule has 150 valence electrons. The van der Waals surface area contributed by atoms with Crippen LogP contribution in [-0.2, 0) is 14.3 Å². The number of nitrogens with zero attached hydrogens (tertiary/aromatic N) is 1. The number of morpholine rings is 1. The van der Waals surface area contributed by atoms with E-state index in [1.165, 1.54) is 0 Å². The van der Waals surface area contributed by atoms with Gasteiger partial charge in [0.05, 0.1) is 19.8 Å². The summed E-state index contributed by atoms with van der Waals surface area (Å²) < 4.78 is 10.8. The molecule has 0 aromatic heterocycles. The van der Waals surface area contributed by atoms with Gasteiger partial charge in [-0.15, -0.1) is 0 Å². The van der Waals surface area contributed by atoms with Crippen LogP contribution in [0.5, 0.6) is 5.75 Å². The van der Waals surface area contributed by atoms with E-state index in [-0.39, 0.29) is 31.0 Å². The average molecular weight is 377 g/mol. The molecule has 1 atom stereocenters. The highest BCUT2D eigenvalue weighted by Crippen LogP contribution is 2.13. The normalized spacial score (nSPS) is 16.0. The standard InChI is InChI=1S/C20H31N3O4/c1-16(2)12-17(23-8-10-26-11-9-23)13-21-19(24)14-22-20(25)15-27-18-6-4-3-5-7-18/h3-7,16-17H,8-15H2,1-2H3,(H,21,24)(H,22,25). The van der Waals surface area contributed by atoms with Crippen LogP contribution in [0, 0.1) is 5.92 Å². The molecule has 1 aromatic rings. The Morgan fingerprint density at radius 1 is 1.11 bits per heavy atom. The Hall–Kier alpha value is -2.12. The second-order valence-electron chi connectivity index (χ2n) is 7.11. The van der Waals surface area contributed by atoms with Crippen LogP contribution in [0.3, 0.4) is 0 Å². The second-order valence-corrected chi connectivity index (χ2v) is 7.11. The molecule has 2 N–H and O–H groups in total. The summed E-state index contributed by atoms with van der Waals surface area (Å²) >= 11 is 0. The third-order valence-corrected chi connectivity index (χ3v) is 4.40. The smallest absolute Gasteiger partial charge is 0.258 e. The number of benzene rings is 1. The van der Waals surface area contributed by atoms with Gasteiger partial charge in [0.1, 0.15) is 5.75 Å². The Morgan fingerprint density at radius 3 is 2.48 bits per heavy atom.